The highest BCUT2D eigenvalue weighted by atomic mass is 32.2. The van der Waals surface area contributed by atoms with Crippen molar-refractivity contribution < 1.29 is 17.4 Å². The van der Waals surface area contributed by atoms with Gasteiger partial charge in [-0.3, -0.25) is 5.14 Å². The van der Waals surface area contributed by atoms with Crippen LogP contribution in [0.5, 0.6) is 0 Å². The largest absolute Gasteiger partial charge is 0.395 e. The van der Waals surface area contributed by atoms with Crippen molar-refractivity contribution in [1.29, 1.82) is 5.26 Å². The Bertz CT molecular complexity index is 1260. The van der Waals surface area contributed by atoms with Crippen molar-refractivity contribution in [3.8, 4) is 17.2 Å². The molecule has 34 heavy (non-hydrogen) atoms. The minimum absolute atomic E-state index is 0.144. The third kappa shape index (κ3) is 5.53. The number of nitrogens with two attached hydrogens (primary N) is 1. The second-order valence-corrected chi connectivity index (χ2v) is 12.2. The van der Waals surface area contributed by atoms with Crippen LogP contribution < -0.4 is 5.14 Å². The third-order valence-corrected chi connectivity index (χ3v) is 7.18. The average Bonchev–Trinajstić information content (AvgIpc) is 3.06. The molecule has 0 saturated carbocycles. The van der Waals surface area contributed by atoms with E-state index in [0.29, 0.717) is 23.0 Å². The minimum atomic E-state index is -4.54. The van der Waals surface area contributed by atoms with Crippen LogP contribution in [-0.2, 0) is 17.5 Å². The molecule has 0 spiro atoms. The van der Waals surface area contributed by atoms with E-state index in [4.69, 9.17) is 5.14 Å². The van der Waals surface area contributed by atoms with Crippen LogP contribution in [0.2, 0.25) is 0 Å². The fourth-order valence-electron chi connectivity index (χ4n) is 4.22. The van der Waals surface area contributed by atoms with Gasteiger partial charge >= 0.3 is 6.18 Å². The van der Waals surface area contributed by atoms with Crippen LogP contribution in [0.4, 0.5) is 13.2 Å². The lowest BCUT2D eigenvalue weighted by Gasteiger charge is -2.29. The first-order valence-electron chi connectivity index (χ1n) is 11.0. The molecular weight excluding hydrogens is 459 g/mol. The van der Waals surface area contributed by atoms with E-state index in [1.165, 1.54) is 13.8 Å². The molecule has 3 aromatic rings. The summed E-state index contributed by atoms with van der Waals surface area (Å²) in [6, 6.07) is 14.6. The highest BCUT2D eigenvalue weighted by Gasteiger charge is 2.46. The van der Waals surface area contributed by atoms with Crippen LogP contribution in [0.1, 0.15) is 58.1 Å². The molecule has 0 aliphatic rings. The summed E-state index contributed by atoms with van der Waals surface area (Å²) >= 11 is 0. The van der Waals surface area contributed by atoms with Crippen molar-refractivity contribution in [3.63, 3.8) is 0 Å². The Morgan fingerprint density at radius 2 is 1.74 bits per heavy atom. The van der Waals surface area contributed by atoms with E-state index in [0.717, 1.165) is 11.1 Å². The molecule has 0 amide bonds. The summed E-state index contributed by atoms with van der Waals surface area (Å²) in [6.45, 7) is 9.56. The van der Waals surface area contributed by atoms with Gasteiger partial charge in [-0.1, -0.05) is 51.1 Å². The van der Waals surface area contributed by atoms with Crippen LogP contribution in [0.15, 0.2) is 48.7 Å². The van der Waals surface area contributed by atoms with Gasteiger partial charge in [-0.25, -0.2) is 4.21 Å². The summed E-state index contributed by atoms with van der Waals surface area (Å²) in [6.07, 6.45) is -3.36. The van der Waals surface area contributed by atoms with Crippen LogP contribution in [-0.4, -0.2) is 19.7 Å². The van der Waals surface area contributed by atoms with Gasteiger partial charge in [0.15, 0.2) is 0 Å². The predicted molar refractivity (Wildman–Crippen MR) is 131 cm³/mol. The van der Waals surface area contributed by atoms with Gasteiger partial charge in [0, 0.05) is 23.6 Å². The summed E-state index contributed by atoms with van der Waals surface area (Å²) in [7, 11) is -1.92. The monoisotopic (exact) mass is 489 g/mol. The third-order valence-electron chi connectivity index (χ3n) is 5.93. The van der Waals surface area contributed by atoms with Crippen LogP contribution in [0, 0.1) is 16.7 Å². The van der Waals surface area contributed by atoms with E-state index >= 15 is 0 Å². The smallest absolute Gasteiger partial charge is 0.347 e. The van der Waals surface area contributed by atoms with Crippen molar-refractivity contribution in [1.82, 2.24) is 4.57 Å². The molecule has 0 aliphatic carbocycles. The molecule has 2 atom stereocenters. The zero-order valence-electron chi connectivity index (χ0n) is 20.0. The van der Waals surface area contributed by atoms with Crippen molar-refractivity contribution >= 4 is 21.9 Å². The number of nitrogens with zero attached hydrogens (tertiary/aromatic N) is 2. The van der Waals surface area contributed by atoms with Crippen LogP contribution >= 0.6 is 0 Å². The number of rotatable bonds is 6. The lowest BCUT2D eigenvalue weighted by Crippen LogP contribution is -2.37. The molecule has 2 N–H and O–H groups in total. The van der Waals surface area contributed by atoms with Crippen LogP contribution in [0.25, 0.3) is 22.0 Å². The first-order chi connectivity index (χ1) is 15.6. The van der Waals surface area contributed by atoms with E-state index in [1.54, 1.807) is 30.5 Å². The number of benzene rings is 2. The molecule has 0 radical (unpaired) electrons. The summed E-state index contributed by atoms with van der Waals surface area (Å²) in [5.74, 6) is -1.82. The minimum Gasteiger partial charge on any atom is -0.347 e. The lowest BCUT2D eigenvalue weighted by molar-refractivity contribution is -0.152. The van der Waals surface area contributed by atoms with Crippen LogP contribution in [0.3, 0.4) is 0 Å². The van der Waals surface area contributed by atoms with Gasteiger partial charge in [0.25, 0.3) is 0 Å². The molecule has 182 valence electrons. The molecular formula is C26H30F3N3OS. The zero-order chi connectivity index (χ0) is 25.5. The fraction of sp³-hybridized carbons (Fsp3) is 0.423. The van der Waals surface area contributed by atoms with Gasteiger partial charge in [-0.2, -0.15) is 18.4 Å². The molecule has 0 bridgehead atoms. The lowest BCUT2D eigenvalue weighted by atomic mass is 9.88. The second kappa shape index (κ2) is 9.20. The Balaban J connectivity index is 2.26. The number of alkyl halides is 3. The van der Waals surface area contributed by atoms with Gasteiger partial charge in [0.05, 0.1) is 33.3 Å². The number of hydrogen-bond donors (Lipinski definition) is 1. The van der Waals surface area contributed by atoms with Gasteiger partial charge in [-0.15, -0.1) is 0 Å². The molecule has 1 heterocycles. The highest BCUT2D eigenvalue weighted by Crippen LogP contribution is 2.45. The fourth-order valence-corrected chi connectivity index (χ4v) is 4.55. The van der Waals surface area contributed by atoms with E-state index in [1.807, 2.05) is 43.5 Å². The van der Waals surface area contributed by atoms with Gasteiger partial charge in [0.2, 0.25) is 0 Å². The standard InChI is InChI=1S/C26H30F3N3OS/c1-24(2,3)16-32-15-21(22(26(27,28)29)13-25(4,5)34(31)33)20-11-10-17(12-23(20)32)19-9-7-6-8-18(19)14-30/h6-12,15,22H,13,16,31H2,1-5H3/t22-,34?/m0/s1. The molecule has 4 nitrogen and oxygen atoms in total. The molecule has 0 aliphatic heterocycles. The van der Waals surface area contributed by atoms with E-state index in [-0.39, 0.29) is 11.0 Å². The van der Waals surface area contributed by atoms with Crippen molar-refractivity contribution in [2.75, 3.05) is 0 Å². The number of nitriles is 1. The van der Waals surface area contributed by atoms with Gasteiger partial charge < -0.3 is 4.57 Å². The Labute approximate surface area is 201 Å². The molecule has 0 fully saturated rings. The molecule has 3 rings (SSSR count). The van der Waals surface area contributed by atoms with E-state index in [2.05, 4.69) is 6.07 Å². The van der Waals surface area contributed by atoms with Gasteiger partial charge in [-0.05, 0) is 54.5 Å². The topological polar surface area (TPSA) is 71.8 Å². The predicted octanol–water partition coefficient (Wildman–Crippen LogP) is 6.66. The molecule has 2 aromatic carbocycles. The number of aromatic nitrogens is 1. The highest BCUT2D eigenvalue weighted by molar-refractivity contribution is 7.84. The van der Waals surface area contributed by atoms with Crippen molar-refractivity contribution in [3.05, 3.63) is 59.8 Å². The normalized spacial score (nSPS) is 14.7. The maximum atomic E-state index is 14.3. The Hall–Kier alpha value is -2.63. The average molecular weight is 490 g/mol. The number of hydrogen-bond acceptors (Lipinski definition) is 2. The van der Waals surface area contributed by atoms with E-state index < -0.39 is 34.2 Å². The summed E-state index contributed by atoms with van der Waals surface area (Å²) < 4.78 is 55.6. The zero-order valence-corrected chi connectivity index (χ0v) is 20.8. The summed E-state index contributed by atoms with van der Waals surface area (Å²) in [5, 5.41) is 15.5. The molecule has 8 heteroatoms. The maximum Gasteiger partial charge on any atom is 0.395 e. The Morgan fingerprint density at radius 3 is 2.29 bits per heavy atom. The van der Waals surface area contributed by atoms with E-state index in [9.17, 15) is 22.6 Å². The van der Waals surface area contributed by atoms with Crippen molar-refractivity contribution in [2.45, 2.75) is 64.4 Å². The SMILES string of the molecule is CC(C)(C)Cn1cc([C@H](CC(C)(C)S(N)=O)C(F)(F)F)c2ccc(-c3ccccc3C#N)cc21. The quantitative estimate of drug-likeness (QED) is 0.420. The number of fused-ring (bicyclic) bond motifs is 1. The summed E-state index contributed by atoms with van der Waals surface area (Å²) in [5.41, 5.74) is 2.61. The van der Waals surface area contributed by atoms with Crippen molar-refractivity contribution in [2.24, 2.45) is 10.6 Å². The molecule has 0 saturated heterocycles. The Morgan fingerprint density at radius 1 is 1.09 bits per heavy atom. The molecule has 1 unspecified atom stereocenters. The number of halogens is 3. The first kappa shape index (κ1) is 26.0. The molecule has 1 aromatic heterocycles. The Kier molecular flexibility index (Phi) is 7.03. The van der Waals surface area contributed by atoms with Gasteiger partial charge in [0.1, 0.15) is 0 Å². The summed E-state index contributed by atoms with van der Waals surface area (Å²) in [4.78, 5) is 0. The second-order valence-electron chi connectivity index (χ2n) is 10.5. The maximum absolute atomic E-state index is 14.3. The first-order valence-corrected chi connectivity index (χ1v) is 12.2.